The summed E-state index contributed by atoms with van der Waals surface area (Å²) < 4.78 is 10.4. The van der Waals surface area contributed by atoms with E-state index in [4.69, 9.17) is 9.47 Å². The van der Waals surface area contributed by atoms with E-state index in [1.807, 2.05) is 24.3 Å². The fourth-order valence-electron chi connectivity index (χ4n) is 3.04. The van der Waals surface area contributed by atoms with Gasteiger partial charge in [0.05, 0.1) is 19.6 Å². The van der Waals surface area contributed by atoms with Crippen LogP contribution in [0.5, 0.6) is 5.75 Å². The predicted molar refractivity (Wildman–Crippen MR) is 95.2 cm³/mol. The molecule has 2 amide bonds. The average molecular weight is 346 g/mol. The van der Waals surface area contributed by atoms with Crippen LogP contribution in [0.3, 0.4) is 0 Å². The van der Waals surface area contributed by atoms with Gasteiger partial charge in [0.1, 0.15) is 5.75 Å². The van der Waals surface area contributed by atoms with Crippen LogP contribution in [0.15, 0.2) is 36.9 Å². The maximum absolute atomic E-state index is 12.9. The topological polar surface area (TPSA) is 59.1 Å². The molecule has 0 saturated carbocycles. The number of hydrogen-bond donors (Lipinski definition) is 0. The van der Waals surface area contributed by atoms with Crippen LogP contribution in [0.25, 0.3) is 0 Å². The van der Waals surface area contributed by atoms with Crippen LogP contribution in [0.2, 0.25) is 0 Å². The van der Waals surface area contributed by atoms with Gasteiger partial charge in [-0.05, 0) is 6.07 Å². The summed E-state index contributed by atoms with van der Waals surface area (Å²) in [5, 5.41) is 0. The van der Waals surface area contributed by atoms with E-state index in [0.29, 0.717) is 32.8 Å². The van der Waals surface area contributed by atoms with E-state index in [2.05, 4.69) is 6.58 Å². The Kier molecular flexibility index (Phi) is 7.01. The van der Waals surface area contributed by atoms with Gasteiger partial charge in [-0.25, -0.2) is 0 Å². The molecule has 1 aromatic rings. The molecule has 0 N–H and O–H groups in total. The minimum atomic E-state index is -0.320. The summed E-state index contributed by atoms with van der Waals surface area (Å²) in [7, 11) is 3.21. The van der Waals surface area contributed by atoms with Gasteiger partial charge >= 0.3 is 0 Å². The number of methoxy groups -OCH3 is 2. The van der Waals surface area contributed by atoms with Crippen molar-refractivity contribution in [2.45, 2.75) is 13.0 Å². The monoisotopic (exact) mass is 346 g/mol. The smallest absolute Gasteiger partial charge is 0.228 e. The van der Waals surface area contributed by atoms with Crippen LogP contribution >= 0.6 is 0 Å². The zero-order chi connectivity index (χ0) is 18.2. The van der Waals surface area contributed by atoms with Crippen molar-refractivity contribution in [2.24, 2.45) is 5.92 Å². The quantitative estimate of drug-likeness (QED) is 0.639. The highest BCUT2D eigenvalue weighted by Gasteiger charge is 2.36. The van der Waals surface area contributed by atoms with Gasteiger partial charge in [-0.1, -0.05) is 24.3 Å². The molecule has 0 aromatic heterocycles. The van der Waals surface area contributed by atoms with Gasteiger partial charge in [0.25, 0.3) is 0 Å². The molecule has 0 unspecified atom stereocenters. The number of likely N-dealkylation sites (tertiary alicyclic amines) is 1. The van der Waals surface area contributed by atoms with Crippen LogP contribution in [0.1, 0.15) is 12.0 Å². The number of amides is 2. The first kappa shape index (κ1) is 19.0. The van der Waals surface area contributed by atoms with E-state index < -0.39 is 0 Å². The van der Waals surface area contributed by atoms with Crippen LogP contribution in [0, 0.1) is 5.92 Å². The molecule has 0 radical (unpaired) electrons. The largest absolute Gasteiger partial charge is 0.496 e. The molecule has 2 rings (SSSR count). The highest BCUT2D eigenvalue weighted by molar-refractivity contribution is 5.89. The van der Waals surface area contributed by atoms with E-state index in [1.54, 1.807) is 30.1 Å². The average Bonchev–Trinajstić information content (AvgIpc) is 3.00. The summed E-state index contributed by atoms with van der Waals surface area (Å²) in [6.07, 6.45) is 1.95. The van der Waals surface area contributed by atoms with E-state index in [-0.39, 0.29) is 24.2 Å². The Morgan fingerprint density at radius 2 is 2.16 bits per heavy atom. The number of hydrogen-bond acceptors (Lipinski definition) is 4. The first-order valence-corrected chi connectivity index (χ1v) is 8.39. The number of carbonyl (C=O) groups is 2. The Morgan fingerprint density at radius 1 is 1.40 bits per heavy atom. The Labute approximate surface area is 149 Å². The third kappa shape index (κ3) is 4.82. The summed E-state index contributed by atoms with van der Waals surface area (Å²) >= 11 is 0. The zero-order valence-corrected chi connectivity index (χ0v) is 14.9. The molecule has 1 aromatic carbocycles. The van der Waals surface area contributed by atoms with Gasteiger partial charge in [-0.3, -0.25) is 9.59 Å². The molecule has 1 saturated heterocycles. The van der Waals surface area contributed by atoms with E-state index in [9.17, 15) is 9.59 Å². The van der Waals surface area contributed by atoms with Gasteiger partial charge in [0.2, 0.25) is 11.8 Å². The summed E-state index contributed by atoms with van der Waals surface area (Å²) in [5.74, 6) is 0.401. The molecular weight excluding hydrogens is 320 g/mol. The van der Waals surface area contributed by atoms with Crippen molar-refractivity contribution < 1.29 is 19.1 Å². The molecular formula is C19H26N2O4. The Bertz CT molecular complexity index is 617. The van der Waals surface area contributed by atoms with Crippen LogP contribution < -0.4 is 4.74 Å². The van der Waals surface area contributed by atoms with Gasteiger partial charge in [-0.15, -0.1) is 6.58 Å². The fourth-order valence-corrected chi connectivity index (χ4v) is 3.04. The normalized spacial score (nSPS) is 16.8. The Hall–Kier alpha value is -2.34. The Balaban J connectivity index is 2.08. The lowest BCUT2D eigenvalue weighted by molar-refractivity contribution is -0.136. The lowest BCUT2D eigenvalue weighted by Crippen LogP contribution is -2.37. The Morgan fingerprint density at radius 3 is 2.84 bits per heavy atom. The van der Waals surface area contributed by atoms with Crippen molar-refractivity contribution in [1.82, 2.24) is 9.80 Å². The van der Waals surface area contributed by atoms with E-state index in [1.165, 1.54) is 0 Å². The molecule has 1 heterocycles. The van der Waals surface area contributed by atoms with Gasteiger partial charge in [0.15, 0.2) is 0 Å². The van der Waals surface area contributed by atoms with Crippen LogP contribution in [0.4, 0.5) is 0 Å². The number of para-hydroxylation sites is 1. The van der Waals surface area contributed by atoms with Gasteiger partial charge in [0, 0.05) is 45.3 Å². The highest BCUT2D eigenvalue weighted by Crippen LogP contribution is 2.24. The molecule has 1 aliphatic heterocycles. The molecule has 1 atom stereocenters. The molecule has 0 bridgehead atoms. The maximum Gasteiger partial charge on any atom is 0.228 e. The molecule has 136 valence electrons. The number of benzene rings is 1. The third-order valence-electron chi connectivity index (χ3n) is 4.34. The summed E-state index contributed by atoms with van der Waals surface area (Å²) in [6.45, 7) is 6.05. The molecule has 1 fully saturated rings. The molecule has 0 aliphatic carbocycles. The standard InChI is InChI=1S/C19H26N2O4/c1-4-9-21(13-15-7-5-6-8-17(15)25-3)19(23)16-12-18(22)20(14-16)10-11-24-2/h4-8,16H,1,9-14H2,2-3H3/t16-/m0/s1. The third-order valence-corrected chi connectivity index (χ3v) is 4.34. The number of carbonyl (C=O) groups excluding carboxylic acids is 2. The van der Waals surface area contributed by atoms with Crippen molar-refractivity contribution in [1.29, 1.82) is 0 Å². The van der Waals surface area contributed by atoms with Gasteiger partial charge < -0.3 is 19.3 Å². The van der Waals surface area contributed by atoms with E-state index in [0.717, 1.165) is 11.3 Å². The van der Waals surface area contributed by atoms with Crippen molar-refractivity contribution in [2.75, 3.05) is 40.5 Å². The number of nitrogens with zero attached hydrogens (tertiary/aromatic N) is 2. The lowest BCUT2D eigenvalue weighted by Gasteiger charge is -2.25. The molecule has 1 aliphatic rings. The molecule has 6 nitrogen and oxygen atoms in total. The van der Waals surface area contributed by atoms with Crippen LogP contribution in [-0.4, -0.2) is 62.1 Å². The number of ether oxygens (including phenoxy) is 2. The summed E-state index contributed by atoms with van der Waals surface area (Å²) in [4.78, 5) is 28.4. The SMILES string of the molecule is C=CCN(Cc1ccccc1OC)C(=O)[C@H]1CC(=O)N(CCOC)C1. The van der Waals surface area contributed by atoms with Crippen molar-refractivity contribution >= 4 is 11.8 Å². The minimum absolute atomic E-state index is 0.00578. The van der Waals surface area contributed by atoms with E-state index >= 15 is 0 Å². The zero-order valence-electron chi connectivity index (χ0n) is 14.9. The maximum atomic E-state index is 12.9. The first-order chi connectivity index (χ1) is 12.1. The second-order valence-electron chi connectivity index (χ2n) is 6.05. The summed E-state index contributed by atoms with van der Waals surface area (Å²) in [5.41, 5.74) is 0.931. The summed E-state index contributed by atoms with van der Waals surface area (Å²) in [6, 6.07) is 7.62. The highest BCUT2D eigenvalue weighted by atomic mass is 16.5. The molecule has 25 heavy (non-hydrogen) atoms. The van der Waals surface area contributed by atoms with Crippen LogP contribution in [-0.2, 0) is 20.9 Å². The second kappa shape index (κ2) is 9.22. The van der Waals surface area contributed by atoms with Crippen molar-refractivity contribution in [3.05, 3.63) is 42.5 Å². The molecule has 6 heteroatoms. The van der Waals surface area contributed by atoms with Crippen molar-refractivity contribution in [3.8, 4) is 5.75 Å². The fraction of sp³-hybridized carbons (Fsp3) is 0.474. The minimum Gasteiger partial charge on any atom is -0.496 e. The second-order valence-corrected chi connectivity index (χ2v) is 6.05. The predicted octanol–water partition coefficient (Wildman–Crippen LogP) is 1.70. The number of rotatable bonds is 9. The van der Waals surface area contributed by atoms with Crippen molar-refractivity contribution in [3.63, 3.8) is 0 Å². The van der Waals surface area contributed by atoms with Gasteiger partial charge in [-0.2, -0.15) is 0 Å². The molecule has 0 spiro atoms. The lowest BCUT2D eigenvalue weighted by atomic mass is 10.1. The first-order valence-electron chi connectivity index (χ1n) is 8.39.